The van der Waals surface area contributed by atoms with E-state index in [9.17, 15) is 0 Å². The minimum atomic E-state index is 0.554. The summed E-state index contributed by atoms with van der Waals surface area (Å²) in [5, 5.41) is 7.07. The summed E-state index contributed by atoms with van der Waals surface area (Å²) in [5.41, 5.74) is 0. The van der Waals surface area contributed by atoms with Gasteiger partial charge >= 0.3 is 0 Å². The zero-order chi connectivity index (χ0) is 11.4. The fourth-order valence-corrected chi connectivity index (χ4v) is 3.39. The Kier molecular flexibility index (Phi) is 4.36. The minimum absolute atomic E-state index is 0.554. The fourth-order valence-electron chi connectivity index (χ4n) is 2.69. The van der Waals surface area contributed by atoms with Crippen LogP contribution in [0.2, 0.25) is 0 Å². The maximum Gasteiger partial charge on any atom is 0.0965 e. The van der Waals surface area contributed by atoms with Crippen LogP contribution in [0.5, 0.6) is 0 Å². The predicted octanol–water partition coefficient (Wildman–Crippen LogP) is 3.41. The zero-order valence-corrected chi connectivity index (χ0v) is 11.1. The first-order valence-electron chi connectivity index (χ1n) is 6.44. The highest BCUT2D eigenvalue weighted by atomic mass is 32.1. The second-order valence-corrected chi connectivity index (χ2v) is 5.81. The van der Waals surface area contributed by atoms with E-state index in [0.29, 0.717) is 5.92 Å². The molecule has 0 aliphatic heterocycles. The number of rotatable bonds is 5. The van der Waals surface area contributed by atoms with Crippen LogP contribution in [0.25, 0.3) is 0 Å². The summed E-state index contributed by atoms with van der Waals surface area (Å²) in [6.07, 6.45) is 7.41. The molecule has 0 radical (unpaired) electrons. The van der Waals surface area contributed by atoms with E-state index in [1.807, 2.05) is 6.20 Å². The standard InChI is InChI=1S/C13H22N2S/c1-3-11-5-4-6-12(11)15-9-10(2)13-14-7-8-16-13/h7-8,10-12,15H,3-6,9H2,1-2H3. The van der Waals surface area contributed by atoms with Gasteiger partial charge in [0, 0.05) is 30.1 Å². The molecule has 1 saturated carbocycles. The van der Waals surface area contributed by atoms with Crippen molar-refractivity contribution in [3.05, 3.63) is 16.6 Å². The van der Waals surface area contributed by atoms with Gasteiger partial charge in [0.2, 0.25) is 0 Å². The third-order valence-corrected chi connectivity index (χ3v) is 4.75. The molecule has 1 aromatic rings. The third kappa shape index (κ3) is 2.83. The first-order valence-corrected chi connectivity index (χ1v) is 7.32. The molecule has 1 aliphatic rings. The minimum Gasteiger partial charge on any atom is -0.313 e. The SMILES string of the molecule is CCC1CCCC1NCC(C)c1nccs1. The largest absolute Gasteiger partial charge is 0.313 e. The van der Waals surface area contributed by atoms with Crippen molar-refractivity contribution in [2.45, 2.75) is 51.5 Å². The highest BCUT2D eigenvalue weighted by Gasteiger charge is 2.25. The van der Waals surface area contributed by atoms with Crippen LogP contribution in [0, 0.1) is 5.92 Å². The molecule has 0 saturated heterocycles. The van der Waals surface area contributed by atoms with E-state index in [4.69, 9.17) is 0 Å². The average molecular weight is 238 g/mol. The number of aromatic nitrogens is 1. The van der Waals surface area contributed by atoms with Crippen LogP contribution in [0.1, 0.15) is 50.5 Å². The lowest BCUT2D eigenvalue weighted by molar-refractivity contribution is 0.383. The van der Waals surface area contributed by atoms with E-state index in [2.05, 4.69) is 29.5 Å². The molecular formula is C13H22N2S. The monoisotopic (exact) mass is 238 g/mol. The summed E-state index contributed by atoms with van der Waals surface area (Å²) in [7, 11) is 0. The molecular weight excluding hydrogens is 216 g/mol. The van der Waals surface area contributed by atoms with Gasteiger partial charge in [-0.1, -0.05) is 26.7 Å². The first-order chi connectivity index (χ1) is 7.81. The molecule has 3 unspecified atom stereocenters. The van der Waals surface area contributed by atoms with Gasteiger partial charge in [0.15, 0.2) is 0 Å². The molecule has 0 spiro atoms. The van der Waals surface area contributed by atoms with Gasteiger partial charge in [0.05, 0.1) is 5.01 Å². The van der Waals surface area contributed by atoms with Crippen LogP contribution in [0.4, 0.5) is 0 Å². The summed E-state index contributed by atoms with van der Waals surface area (Å²) in [4.78, 5) is 4.38. The first kappa shape index (κ1) is 12.1. The molecule has 3 atom stereocenters. The average Bonchev–Trinajstić information content (AvgIpc) is 2.96. The van der Waals surface area contributed by atoms with Crippen molar-refractivity contribution in [1.29, 1.82) is 0 Å². The summed E-state index contributed by atoms with van der Waals surface area (Å²) in [6, 6.07) is 0.757. The smallest absolute Gasteiger partial charge is 0.0965 e. The Bertz CT molecular complexity index is 297. The number of nitrogens with one attached hydrogen (secondary N) is 1. The molecule has 1 aromatic heterocycles. The van der Waals surface area contributed by atoms with Crippen molar-refractivity contribution in [2.24, 2.45) is 5.92 Å². The molecule has 2 rings (SSSR count). The third-order valence-electron chi connectivity index (χ3n) is 3.74. The predicted molar refractivity (Wildman–Crippen MR) is 70.0 cm³/mol. The van der Waals surface area contributed by atoms with Gasteiger partial charge in [0.25, 0.3) is 0 Å². The van der Waals surface area contributed by atoms with Crippen molar-refractivity contribution < 1.29 is 0 Å². The Labute approximate surface area is 102 Å². The summed E-state index contributed by atoms with van der Waals surface area (Å²) in [5.74, 6) is 1.46. The molecule has 1 heterocycles. The van der Waals surface area contributed by atoms with Gasteiger partial charge in [-0.15, -0.1) is 11.3 Å². The molecule has 16 heavy (non-hydrogen) atoms. The number of thiazole rings is 1. The van der Waals surface area contributed by atoms with Gasteiger partial charge in [-0.05, 0) is 18.8 Å². The molecule has 3 heteroatoms. The lowest BCUT2D eigenvalue weighted by Gasteiger charge is -2.21. The Hall–Kier alpha value is -0.410. The van der Waals surface area contributed by atoms with E-state index in [-0.39, 0.29) is 0 Å². The Morgan fingerprint density at radius 3 is 3.12 bits per heavy atom. The van der Waals surface area contributed by atoms with Crippen LogP contribution in [-0.2, 0) is 0 Å². The maximum atomic E-state index is 4.38. The van der Waals surface area contributed by atoms with Gasteiger partial charge in [-0.2, -0.15) is 0 Å². The summed E-state index contributed by atoms with van der Waals surface area (Å²) >= 11 is 1.77. The lowest BCUT2D eigenvalue weighted by Crippen LogP contribution is -2.34. The number of hydrogen-bond acceptors (Lipinski definition) is 3. The van der Waals surface area contributed by atoms with E-state index in [1.54, 1.807) is 11.3 Å². The Morgan fingerprint density at radius 2 is 2.44 bits per heavy atom. The van der Waals surface area contributed by atoms with Gasteiger partial charge in [-0.3, -0.25) is 0 Å². The normalized spacial score (nSPS) is 27.1. The van der Waals surface area contributed by atoms with Crippen LogP contribution in [0.15, 0.2) is 11.6 Å². The highest BCUT2D eigenvalue weighted by Crippen LogP contribution is 2.28. The fraction of sp³-hybridized carbons (Fsp3) is 0.769. The second-order valence-electron chi connectivity index (χ2n) is 4.89. The van der Waals surface area contributed by atoms with E-state index >= 15 is 0 Å². The lowest BCUT2D eigenvalue weighted by atomic mass is 10.00. The van der Waals surface area contributed by atoms with Crippen molar-refractivity contribution in [3.63, 3.8) is 0 Å². The van der Waals surface area contributed by atoms with Gasteiger partial charge < -0.3 is 5.32 Å². The quantitative estimate of drug-likeness (QED) is 0.850. The summed E-state index contributed by atoms with van der Waals surface area (Å²) in [6.45, 7) is 5.66. The maximum absolute atomic E-state index is 4.38. The van der Waals surface area contributed by atoms with Crippen molar-refractivity contribution in [2.75, 3.05) is 6.54 Å². The Balaban J connectivity index is 1.78. The van der Waals surface area contributed by atoms with E-state index in [0.717, 1.165) is 18.5 Å². The highest BCUT2D eigenvalue weighted by molar-refractivity contribution is 7.09. The molecule has 0 bridgehead atoms. The number of nitrogens with zero attached hydrogens (tertiary/aromatic N) is 1. The molecule has 1 aliphatic carbocycles. The van der Waals surface area contributed by atoms with E-state index in [1.165, 1.54) is 30.7 Å². The van der Waals surface area contributed by atoms with Crippen LogP contribution < -0.4 is 5.32 Å². The molecule has 2 nitrogen and oxygen atoms in total. The van der Waals surface area contributed by atoms with Crippen LogP contribution in [0.3, 0.4) is 0 Å². The van der Waals surface area contributed by atoms with E-state index < -0.39 is 0 Å². The van der Waals surface area contributed by atoms with Crippen molar-refractivity contribution in [1.82, 2.24) is 10.3 Å². The summed E-state index contributed by atoms with van der Waals surface area (Å²) < 4.78 is 0. The molecule has 90 valence electrons. The topological polar surface area (TPSA) is 24.9 Å². The second kappa shape index (κ2) is 5.78. The molecule has 0 amide bonds. The van der Waals surface area contributed by atoms with Crippen molar-refractivity contribution in [3.8, 4) is 0 Å². The van der Waals surface area contributed by atoms with Gasteiger partial charge in [0.1, 0.15) is 0 Å². The number of hydrogen-bond donors (Lipinski definition) is 1. The van der Waals surface area contributed by atoms with Crippen LogP contribution in [-0.4, -0.2) is 17.6 Å². The zero-order valence-electron chi connectivity index (χ0n) is 10.3. The molecule has 1 fully saturated rings. The van der Waals surface area contributed by atoms with Crippen LogP contribution >= 0.6 is 11.3 Å². The Morgan fingerprint density at radius 1 is 1.56 bits per heavy atom. The molecule has 0 aromatic carbocycles. The molecule has 1 N–H and O–H groups in total. The van der Waals surface area contributed by atoms with Crippen molar-refractivity contribution >= 4 is 11.3 Å². The van der Waals surface area contributed by atoms with Gasteiger partial charge in [-0.25, -0.2) is 4.98 Å².